The Morgan fingerprint density at radius 1 is 1.21 bits per heavy atom. The number of imide groups is 1. The van der Waals surface area contributed by atoms with Gasteiger partial charge in [0.15, 0.2) is 0 Å². The molecule has 1 saturated heterocycles. The molecule has 0 bridgehead atoms. The summed E-state index contributed by atoms with van der Waals surface area (Å²) in [5, 5.41) is 0.518. The normalized spacial score (nSPS) is 27.7. The molecule has 6 heteroatoms. The van der Waals surface area contributed by atoms with Gasteiger partial charge < -0.3 is 0 Å². The van der Waals surface area contributed by atoms with Crippen molar-refractivity contribution in [2.45, 2.75) is 20.4 Å². The van der Waals surface area contributed by atoms with Crippen LogP contribution in [0.1, 0.15) is 19.4 Å². The minimum atomic E-state index is -0.188. The van der Waals surface area contributed by atoms with Crippen LogP contribution in [0.25, 0.3) is 0 Å². The lowest BCUT2D eigenvalue weighted by Crippen LogP contribution is -2.35. The topological polar surface area (TPSA) is 50.3 Å². The molecule has 100 valence electrons. The van der Waals surface area contributed by atoms with Crippen LogP contribution in [0.5, 0.6) is 0 Å². The number of piperidine rings is 1. The molecule has 0 aromatic carbocycles. The van der Waals surface area contributed by atoms with Crippen LogP contribution in [-0.4, -0.2) is 21.7 Å². The molecule has 1 aliphatic heterocycles. The number of halogens is 2. The van der Waals surface area contributed by atoms with Crippen LogP contribution in [0.15, 0.2) is 12.1 Å². The first-order valence-corrected chi connectivity index (χ1v) is 6.76. The molecule has 3 rings (SSSR count). The third kappa shape index (κ3) is 1.77. The maximum Gasteiger partial charge on any atom is 0.233 e. The lowest BCUT2D eigenvalue weighted by molar-refractivity contribution is -0.143. The smallest absolute Gasteiger partial charge is 0.233 e. The molecule has 1 aliphatic carbocycles. The average molecular weight is 299 g/mol. The molecule has 1 aromatic rings. The molecule has 19 heavy (non-hydrogen) atoms. The summed E-state index contributed by atoms with van der Waals surface area (Å²) in [5.41, 5.74) is 0.444. The zero-order valence-corrected chi connectivity index (χ0v) is 12.0. The van der Waals surface area contributed by atoms with E-state index in [4.69, 9.17) is 23.2 Å². The Morgan fingerprint density at radius 3 is 2.32 bits per heavy atom. The van der Waals surface area contributed by atoms with E-state index in [1.165, 1.54) is 4.90 Å². The standard InChI is InChI=1S/C13H12Cl2N2O2/c1-13(2)8-9(13)12(19)17(11(8)18)5-6-3-4-7(14)16-10(6)15/h3-4,8-9H,5H2,1-2H3. The zero-order chi connectivity index (χ0) is 13.9. The Labute approximate surface area is 120 Å². The quantitative estimate of drug-likeness (QED) is 0.623. The Kier molecular flexibility index (Phi) is 2.67. The van der Waals surface area contributed by atoms with E-state index in [9.17, 15) is 9.59 Å². The van der Waals surface area contributed by atoms with Crippen molar-refractivity contribution in [3.63, 3.8) is 0 Å². The second-order valence-corrected chi connectivity index (χ2v) is 6.37. The Bertz CT molecular complexity index is 576. The monoisotopic (exact) mass is 298 g/mol. The van der Waals surface area contributed by atoms with Crippen LogP contribution in [0.3, 0.4) is 0 Å². The van der Waals surface area contributed by atoms with E-state index < -0.39 is 0 Å². The lowest BCUT2D eigenvalue weighted by Gasteiger charge is -2.20. The van der Waals surface area contributed by atoms with Gasteiger partial charge in [-0.15, -0.1) is 0 Å². The Morgan fingerprint density at radius 2 is 1.79 bits per heavy atom. The molecule has 2 fully saturated rings. The first-order valence-electron chi connectivity index (χ1n) is 6.00. The molecule has 2 unspecified atom stereocenters. The lowest BCUT2D eigenvalue weighted by atomic mass is 10.1. The van der Waals surface area contributed by atoms with Gasteiger partial charge in [-0.1, -0.05) is 43.1 Å². The molecule has 0 spiro atoms. The van der Waals surface area contributed by atoms with Gasteiger partial charge in [-0.2, -0.15) is 0 Å². The number of amides is 2. The predicted molar refractivity (Wildman–Crippen MR) is 70.6 cm³/mol. The van der Waals surface area contributed by atoms with Crippen molar-refractivity contribution < 1.29 is 9.59 Å². The fourth-order valence-electron chi connectivity index (χ4n) is 2.89. The van der Waals surface area contributed by atoms with E-state index in [1.807, 2.05) is 13.8 Å². The van der Waals surface area contributed by atoms with Gasteiger partial charge in [-0.3, -0.25) is 14.5 Å². The highest BCUT2D eigenvalue weighted by Crippen LogP contribution is 2.63. The summed E-state index contributed by atoms with van der Waals surface area (Å²) in [6.45, 7) is 4.07. The fourth-order valence-corrected chi connectivity index (χ4v) is 3.29. The number of likely N-dealkylation sites (tertiary alicyclic amines) is 1. The summed E-state index contributed by atoms with van der Waals surface area (Å²) in [7, 11) is 0. The molecule has 2 atom stereocenters. The first-order chi connectivity index (χ1) is 8.84. The van der Waals surface area contributed by atoms with E-state index >= 15 is 0 Å². The van der Waals surface area contributed by atoms with Crippen LogP contribution in [-0.2, 0) is 16.1 Å². The van der Waals surface area contributed by atoms with Gasteiger partial charge in [0.1, 0.15) is 10.3 Å². The second kappa shape index (κ2) is 3.93. The molecule has 1 aromatic heterocycles. The van der Waals surface area contributed by atoms with Crippen molar-refractivity contribution in [1.29, 1.82) is 0 Å². The number of pyridine rings is 1. The number of aromatic nitrogens is 1. The van der Waals surface area contributed by atoms with Crippen molar-refractivity contribution in [2.24, 2.45) is 17.3 Å². The van der Waals surface area contributed by atoms with Crippen molar-refractivity contribution in [2.75, 3.05) is 0 Å². The largest absolute Gasteiger partial charge is 0.277 e. The van der Waals surface area contributed by atoms with Gasteiger partial charge in [0.25, 0.3) is 0 Å². The number of nitrogens with zero attached hydrogens (tertiary/aromatic N) is 2. The molecule has 0 N–H and O–H groups in total. The molecule has 2 amide bonds. The van der Waals surface area contributed by atoms with Crippen LogP contribution in [0.4, 0.5) is 0 Å². The molecular weight excluding hydrogens is 287 g/mol. The van der Waals surface area contributed by atoms with E-state index in [0.29, 0.717) is 5.56 Å². The van der Waals surface area contributed by atoms with Gasteiger partial charge in [0.05, 0.1) is 18.4 Å². The van der Waals surface area contributed by atoms with Crippen LogP contribution >= 0.6 is 23.2 Å². The van der Waals surface area contributed by atoms with Crippen LogP contribution in [0.2, 0.25) is 10.3 Å². The molecule has 4 nitrogen and oxygen atoms in total. The molecule has 1 saturated carbocycles. The van der Waals surface area contributed by atoms with E-state index in [0.717, 1.165) is 0 Å². The predicted octanol–water partition coefficient (Wildman–Crippen LogP) is 2.53. The first kappa shape index (κ1) is 12.9. The van der Waals surface area contributed by atoms with Crippen molar-refractivity contribution in [3.05, 3.63) is 28.0 Å². The zero-order valence-electron chi connectivity index (χ0n) is 10.5. The van der Waals surface area contributed by atoms with Gasteiger partial charge >= 0.3 is 0 Å². The van der Waals surface area contributed by atoms with Crippen LogP contribution < -0.4 is 0 Å². The maximum atomic E-state index is 12.2. The number of fused-ring (bicyclic) bond motifs is 1. The van der Waals surface area contributed by atoms with Crippen molar-refractivity contribution >= 4 is 35.0 Å². The number of carbonyl (C=O) groups excluding carboxylic acids is 2. The van der Waals surface area contributed by atoms with E-state index in [-0.39, 0.29) is 45.9 Å². The number of hydrogen-bond donors (Lipinski definition) is 0. The summed E-state index contributed by atoms with van der Waals surface area (Å²) in [6.07, 6.45) is 0. The van der Waals surface area contributed by atoms with Gasteiger partial charge in [-0.05, 0) is 11.5 Å². The number of hydrogen-bond acceptors (Lipinski definition) is 3. The molecule has 2 aliphatic rings. The highest BCUT2D eigenvalue weighted by Gasteiger charge is 2.72. The SMILES string of the molecule is CC1(C)C2C(=O)N(Cc3ccc(Cl)nc3Cl)C(=O)C21. The maximum absolute atomic E-state index is 12.2. The summed E-state index contributed by atoms with van der Waals surface area (Å²) in [6, 6.07) is 3.28. The van der Waals surface area contributed by atoms with Gasteiger partial charge in [-0.25, -0.2) is 4.98 Å². The van der Waals surface area contributed by atoms with Gasteiger partial charge in [0, 0.05) is 5.56 Å². The second-order valence-electron chi connectivity index (χ2n) is 5.62. The Balaban J connectivity index is 1.83. The fraction of sp³-hybridized carbons (Fsp3) is 0.462. The summed E-state index contributed by atoms with van der Waals surface area (Å²) >= 11 is 11.7. The van der Waals surface area contributed by atoms with Gasteiger partial charge in [0.2, 0.25) is 11.8 Å². The van der Waals surface area contributed by atoms with Crippen molar-refractivity contribution in [1.82, 2.24) is 9.88 Å². The molecule has 0 radical (unpaired) electrons. The minimum absolute atomic E-state index is 0.106. The van der Waals surface area contributed by atoms with E-state index in [1.54, 1.807) is 12.1 Å². The number of rotatable bonds is 2. The highest BCUT2D eigenvalue weighted by atomic mass is 35.5. The van der Waals surface area contributed by atoms with Crippen molar-refractivity contribution in [3.8, 4) is 0 Å². The third-order valence-electron chi connectivity index (χ3n) is 4.11. The third-order valence-corrected chi connectivity index (χ3v) is 4.65. The summed E-state index contributed by atoms with van der Waals surface area (Å²) in [4.78, 5) is 29.5. The average Bonchev–Trinajstić information content (AvgIpc) is 2.78. The molecular formula is C13H12Cl2N2O2. The number of carbonyl (C=O) groups is 2. The highest BCUT2D eigenvalue weighted by molar-refractivity contribution is 6.32. The summed E-state index contributed by atoms with van der Waals surface area (Å²) in [5.74, 6) is -0.546. The molecule has 2 heterocycles. The van der Waals surface area contributed by atoms with Crippen LogP contribution in [0, 0.1) is 17.3 Å². The summed E-state index contributed by atoms with van der Waals surface area (Å²) < 4.78 is 0. The minimum Gasteiger partial charge on any atom is -0.277 e. The Hall–Kier alpha value is -1.13. The van der Waals surface area contributed by atoms with E-state index in [2.05, 4.69) is 4.98 Å².